The maximum absolute atomic E-state index is 12.9. The van der Waals surface area contributed by atoms with Gasteiger partial charge in [0.2, 0.25) is 10.0 Å². The molecule has 3 rings (SSSR count). The minimum Gasteiger partial charge on any atom is -0.337 e. The fourth-order valence-electron chi connectivity index (χ4n) is 3.97. The van der Waals surface area contributed by atoms with E-state index >= 15 is 0 Å². The van der Waals surface area contributed by atoms with Gasteiger partial charge in [-0.2, -0.15) is 0 Å². The van der Waals surface area contributed by atoms with Crippen molar-refractivity contribution in [1.29, 1.82) is 0 Å². The molecule has 1 aliphatic carbocycles. The van der Waals surface area contributed by atoms with Crippen molar-refractivity contribution in [2.75, 3.05) is 13.1 Å². The van der Waals surface area contributed by atoms with Gasteiger partial charge in [0.25, 0.3) is 0 Å². The summed E-state index contributed by atoms with van der Waals surface area (Å²) in [6.07, 6.45) is 8.95. The Bertz CT molecular complexity index is 617. The van der Waals surface area contributed by atoms with Gasteiger partial charge in [-0.15, -0.1) is 0 Å². The van der Waals surface area contributed by atoms with Crippen molar-refractivity contribution >= 4 is 10.0 Å². The van der Waals surface area contributed by atoms with Crippen LogP contribution in [0, 0.1) is 6.92 Å². The van der Waals surface area contributed by atoms with Crippen LogP contribution < -0.4 is 0 Å². The van der Waals surface area contributed by atoms with Crippen molar-refractivity contribution < 1.29 is 8.42 Å². The molecule has 0 aromatic carbocycles. The molecular weight excluding hydrogens is 298 g/mol. The zero-order valence-corrected chi connectivity index (χ0v) is 14.5. The van der Waals surface area contributed by atoms with E-state index in [1.54, 1.807) is 4.31 Å². The Morgan fingerprint density at radius 3 is 2.50 bits per heavy atom. The second kappa shape index (κ2) is 6.32. The predicted octanol–water partition coefficient (Wildman–Crippen LogP) is 2.57. The summed E-state index contributed by atoms with van der Waals surface area (Å²) in [5, 5.41) is -0.150. The van der Waals surface area contributed by atoms with Crippen LogP contribution >= 0.6 is 0 Å². The molecule has 1 aliphatic heterocycles. The van der Waals surface area contributed by atoms with E-state index in [0.717, 1.165) is 50.0 Å². The molecule has 2 aliphatic rings. The van der Waals surface area contributed by atoms with E-state index in [4.69, 9.17) is 0 Å². The highest BCUT2D eigenvalue weighted by Gasteiger charge is 2.36. The summed E-state index contributed by atoms with van der Waals surface area (Å²) in [5.41, 5.74) is 1.00. The van der Waals surface area contributed by atoms with Crippen molar-refractivity contribution in [3.63, 3.8) is 0 Å². The molecule has 124 valence electrons. The summed E-state index contributed by atoms with van der Waals surface area (Å²) in [6, 6.07) is 0. The molecule has 0 N–H and O–H groups in total. The normalized spacial score (nSPS) is 25.5. The molecule has 0 spiro atoms. The van der Waals surface area contributed by atoms with Gasteiger partial charge >= 0.3 is 0 Å². The Hall–Kier alpha value is -0.880. The van der Waals surface area contributed by atoms with Gasteiger partial charge in [-0.25, -0.2) is 17.7 Å². The highest BCUT2D eigenvalue weighted by molar-refractivity contribution is 7.89. The Balaban J connectivity index is 1.76. The summed E-state index contributed by atoms with van der Waals surface area (Å²) in [6.45, 7) is 3.27. The summed E-state index contributed by atoms with van der Waals surface area (Å²) >= 11 is 0. The molecule has 0 unspecified atom stereocenters. The zero-order valence-electron chi connectivity index (χ0n) is 13.7. The Morgan fingerprint density at radius 2 is 1.86 bits per heavy atom. The molecule has 1 saturated heterocycles. The minimum absolute atomic E-state index is 0.150. The first-order chi connectivity index (χ1) is 10.5. The molecule has 22 heavy (non-hydrogen) atoms. The third-order valence-electron chi connectivity index (χ3n) is 5.12. The molecule has 1 aromatic heterocycles. The van der Waals surface area contributed by atoms with Gasteiger partial charge in [0.05, 0.1) is 10.9 Å². The number of sulfonamides is 1. The van der Waals surface area contributed by atoms with Crippen LogP contribution in [0.3, 0.4) is 0 Å². The van der Waals surface area contributed by atoms with Crippen molar-refractivity contribution in [2.24, 2.45) is 7.05 Å². The van der Waals surface area contributed by atoms with Gasteiger partial charge in [0.1, 0.15) is 5.82 Å². The topological polar surface area (TPSA) is 55.2 Å². The number of imidazole rings is 1. The van der Waals surface area contributed by atoms with Crippen LogP contribution in [0.4, 0.5) is 0 Å². The standard InChI is InChI=1S/C16H27N3O2S/c1-13-11-18(2)16(17-13)14-7-6-10-19(12-14)22(20,21)15-8-4-3-5-9-15/h11,14-15H,3-10,12H2,1-2H3/t14-/m0/s1. The molecule has 1 saturated carbocycles. The van der Waals surface area contributed by atoms with Crippen molar-refractivity contribution in [2.45, 2.75) is 63.0 Å². The molecule has 1 atom stereocenters. The van der Waals surface area contributed by atoms with Crippen LogP contribution in [0.5, 0.6) is 0 Å². The molecule has 6 heteroatoms. The van der Waals surface area contributed by atoms with Crippen LogP contribution in [-0.4, -0.2) is 40.6 Å². The average Bonchev–Trinajstić information content (AvgIpc) is 2.87. The van der Waals surface area contributed by atoms with E-state index < -0.39 is 10.0 Å². The van der Waals surface area contributed by atoms with Crippen LogP contribution in [0.1, 0.15) is 62.4 Å². The van der Waals surface area contributed by atoms with Crippen LogP contribution in [0.15, 0.2) is 6.20 Å². The van der Waals surface area contributed by atoms with Gasteiger partial charge in [-0.1, -0.05) is 19.3 Å². The smallest absolute Gasteiger partial charge is 0.217 e. The van der Waals surface area contributed by atoms with Gasteiger partial charge in [-0.05, 0) is 32.6 Å². The van der Waals surface area contributed by atoms with E-state index in [2.05, 4.69) is 9.55 Å². The highest BCUT2D eigenvalue weighted by Crippen LogP contribution is 2.32. The largest absolute Gasteiger partial charge is 0.337 e. The van der Waals surface area contributed by atoms with E-state index in [1.807, 2.05) is 20.2 Å². The second-order valence-corrected chi connectivity index (χ2v) is 9.07. The van der Waals surface area contributed by atoms with E-state index in [1.165, 1.54) is 6.42 Å². The van der Waals surface area contributed by atoms with Crippen LogP contribution in [-0.2, 0) is 17.1 Å². The molecule has 2 heterocycles. The van der Waals surface area contributed by atoms with Gasteiger partial charge in [0.15, 0.2) is 0 Å². The lowest BCUT2D eigenvalue weighted by atomic mass is 9.99. The number of aryl methyl sites for hydroxylation is 2. The fourth-order valence-corrected chi connectivity index (χ4v) is 6.09. The third kappa shape index (κ3) is 3.08. The molecule has 1 aromatic rings. The summed E-state index contributed by atoms with van der Waals surface area (Å²) in [7, 11) is -1.13. The van der Waals surface area contributed by atoms with E-state index in [-0.39, 0.29) is 11.2 Å². The minimum atomic E-state index is -3.14. The van der Waals surface area contributed by atoms with Crippen molar-refractivity contribution in [3.8, 4) is 0 Å². The average molecular weight is 325 g/mol. The van der Waals surface area contributed by atoms with E-state index in [0.29, 0.717) is 13.1 Å². The first-order valence-electron chi connectivity index (χ1n) is 8.47. The summed E-state index contributed by atoms with van der Waals surface area (Å²) in [4.78, 5) is 4.60. The Labute approximate surface area is 133 Å². The molecule has 5 nitrogen and oxygen atoms in total. The lowest BCUT2D eigenvalue weighted by Crippen LogP contribution is -2.44. The first kappa shape index (κ1) is 16.0. The molecule has 0 amide bonds. The molecule has 0 bridgehead atoms. The lowest BCUT2D eigenvalue weighted by Gasteiger charge is -2.35. The van der Waals surface area contributed by atoms with E-state index in [9.17, 15) is 8.42 Å². The highest BCUT2D eigenvalue weighted by atomic mass is 32.2. The third-order valence-corrected chi connectivity index (χ3v) is 7.48. The number of nitrogens with zero attached hydrogens (tertiary/aromatic N) is 3. The fraction of sp³-hybridized carbons (Fsp3) is 0.812. The predicted molar refractivity (Wildman–Crippen MR) is 87.3 cm³/mol. The SMILES string of the molecule is Cc1cn(C)c([C@H]2CCCN(S(=O)(=O)C3CCCCC3)C2)n1. The Morgan fingerprint density at radius 1 is 1.14 bits per heavy atom. The summed E-state index contributed by atoms with van der Waals surface area (Å²) < 4.78 is 29.6. The lowest BCUT2D eigenvalue weighted by molar-refractivity contribution is 0.299. The number of rotatable bonds is 3. The second-order valence-electron chi connectivity index (χ2n) is 6.85. The van der Waals surface area contributed by atoms with Crippen LogP contribution in [0.2, 0.25) is 0 Å². The Kier molecular flexibility index (Phi) is 4.59. The monoisotopic (exact) mass is 325 g/mol. The number of piperidine rings is 1. The number of aromatic nitrogens is 2. The maximum atomic E-state index is 12.9. The molecular formula is C16H27N3O2S. The van der Waals surface area contributed by atoms with Gasteiger partial charge < -0.3 is 4.57 Å². The summed E-state index contributed by atoms with van der Waals surface area (Å²) in [5.74, 6) is 1.26. The quantitative estimate of drug-likeness (QED) is 0.858. The van der Waals surface area contributed by atoms with Crippen molar-refractivity contribution in [1.82, 2.24) is 13.9 Å². The molecule has 2 fully saturated rings. The number of hydrogen-bond acceptors (Lipinski definition) is 3. The van der Waals surface area contributed by atoms with Crippen molar-refractivity contribution in [3.05, 3.63) is 17.7 Å². The van der Waals surface area contributed by atoms with Gasteiger partial charge in [-0.3, -0.25) is 0 Å². The van der Waals surface area contributed by atoms with Gasteiger partial charge in [0, 0.05) is 32.3 Å². The first-order valence-corrected chi connectivity index (χ1v) is 9.97. The zero-order chi connectivity index (χ0) is 15.7. The molecule has 0 radical (unpaired) electrons. The maximum Gasteiger partial charge on any atom is 0.217 e. The van der Waals surface area contributed by atoms with Crippen LogP contribution in [0.25, 0.3) is 0 Å². The number of hydrogen-bond donors (Lipinski definition) is 0.